The van der Waals surface area contributed by atoms with Crippen molar-refractivity contribution in [1.82, 2.24) is 5.32 Å². The van der Waals surface area contributed by atoms with Crippen molar-refractivity contribution < 1.29 is 19.1 Å². The van der Waals surface area contributed by atoms with Gasteiger partial charge in [0.1, 0.15) is 5.82 Å². The van der Waals surface area contributed by atoms with Crippen molar-refractivity contribution in [3.63, 3.8) is 0 Å². The van der Waals surface area contributed by atoms with Gasteiger partial charge in [0.2, 0.25) is 5.91 Å². The number of aliphatic carboxylic acids is 1. The molecular formula is C14H18FNO3. The summed E-state index contributed by atoms with van der Waals surface area (Å²) in [5.74, 6) is -1.72. The molecule has 0 aliphatic rings. The minimum Gasteiger partial charge on any atom is -0.481 e. The normalized spacial score (nSPS) is 11.9. The molecule has 1 rings (SSSR count). The van der Waals surface area contributed by atoms with Crippen LogP contribution < -0.4 is 5.32 Å². The quantitative estimate of drug-likeness (QED) is 0.742. The standard InChI is InChI=1S/C14H18FNO3/c1-10(9-11-5-2-3-6-12(11)15)14(19)16-8-4-7-13(17)18/h2-3,5-6,10H,4,7-9H2,1H3,(H,16,19)(H,17,18). The van der Waals surface area contributed by atoms with Gasteiger partial charge in [0.25, 0.3) is 0 Å². The zero-order valence-electron chi connectivity index (χ0n) is 10.9. The summed E-state index contributed by atoms with van der Waals surface area (Å²) in [6, 6.07) is 6.36. The van der Waals surface area contributed by atoms with Gasteiger partial charge in [-0.25, -0.2) is 4.39 Å². The smallest absolute Gasteiger partial charge is 0.303 e. The molecule has 0 aliphatic carbocycles. The third kappa shape index (κ3) is 5.50. The average molecular weight is 267 g/mol. The SMILES string of the molecule is CC(Cc1ccccc1F)C(=O)NCCCC(=O)O. The lowest BCUT2D eigenvalue weighted by Gasteiger charge is -2.12. The number of amides is 1. The van der Waals surface area contributed by atoms with Crippen LogP contribution in [0.25, 0.3) is 0 Å². The van der Waals surface area contributed by atoms with Gasteiger partial charge in [-0.05, 0) is 24.5 Å². The van der Waals surface area contributed by atoms with Crippen LogP contribution in [0.4, 0.5) is 4.39 Å². The second-order valence-electron chi connectivity index (χ2n) is 4.48. The highest BCUT2D eigenvalue weighted by atomic mass is 19.1. The fourth-order valence-corrected chi connectivity index (χ4v) is 1.71. The number of nitrogens with one attached hydrogen (secondary N) is 1. The molecule has 0 heterocycles. The Kier molecular flexibility index (Phi) is 5.99. The Bertz CT molecular complexity index is 448. The van der Waals surface area contributed by atoms with Crippen LogP contribution >= 0.6 is 0 Å². The number of hydrogen-bond acceptors (Lipinski definition) is 2. The van der Waals surface area contributed by atoms with Crippen LogP contribution in [0.3, 0.4) is 0 Å². The van der Waals surface area contributed by atoms with E-state index in [2.05, 4.69) is 5.32 Å². The Labute approximate surface area is 111 Å². The highest BCUT2D eigenvalue weighted by molar-refractivity contribution is 5.78. The van der Waals surface area contributed by atoms with E-state index in [0.29, 0.717) is 24.9 Å². The number of carbonyl (C=O) groups excluding carboxylic acids is 1. The molecule has 0 saturated carbocycles. The van der Waals surface area contributed by atoms with Gasteiger partial charge in [-0.15, -0.1) is 0 Å². The van der Waals surface area contributed by atoms with E-state index in [-0.39, 0.29) is 24.1 Å². The second kappa shape index (κ2) is 7.51. The molecule has 1 unspecified atom stereocenters. The van der Waals surface area contributed by atoms with Gasteiger partial charge in [0, 0.05) is 18.9 Å². The summed E-state index contributed by atoms with van der Waals surface area (Å²) in [5, 5.41) is 11.1. The average Bonchev–Trinajstić information content (AvgIpc) is 2.36. The van der Waals surface area contributed by atoms with E-state index in [0.717, 1.165) is 0 Å². The Morgan fingerprint density at radius 2 is 2.05 bits per heavy atom. The molecule has 0 aromatic heterocycles. The van der Waals surface area contributed by atoms with Crippen LogP contribution in [0.15, 0.2) is 24.3 Å². The molecule has 0 aliphatic heterocycles. The molecule has 0 radical (unpaired) electrons. The van der Waals surface area contributed by atoms with E-state index in [4.69, 9.17) is 5.11 Å². The van der Waals surface area contributed by atoms with E-state index >= 15 is 0 Å². The Morgan fingerprint density at radius 1 is 1.37 bits per heavy atom. The molecular weight excluding hydrogens is 249 g/mol. The first-order valence-electron chi connectivity index (χ1n) is 6.23. The zero-order chi connectivity index (χ0) is 14.3. The van der Waals surface area contributed by atoms with Crippen LogP contribution in [-0.2, 0) is 16.0 Å². The van der Waals surface area contributed by atoms with Crippen molar-refractivity contribution in [1.29, 1.82) is 0 Å². The highest BCUT2D eigenvalue weighted by Crippen LogP contribution is 2.12. The van der Waals surface area contributed by atoms with Crippen molar-refractivity contribution in [2.24, 2.45) is 5.92 Å². The number of halogens is 1. The van der Waals surface area contributed by atoms with Crippen LogP contribution in [0.1, 0.15) is 25.3 Å². The first-order chi connectivity index (χ1) is 9.00. The van der Waals surface area contributed by atoms with E-state index < -0.39 is 5.97 Å². The summed E-state index contributed by atoms with van der Waals surface area (Å²) < 4.78 is 13.4. The van der Waals surface area contributed by atoms with Gasteiger partial charge in [-0.1, -0.05) is 25.1 Å². The number of benzene rings is 1. The second-order valence-corrected chi connectivity index (χ2v) is 4.48. The Morgan fingerprint density at radius 3 is 2.68 bits per heavy atom. The zero-order valence-corrected chi connectivity index (χ0v) is 10.9. The molecule has 2 N–H and O–H groups in total. The number of carboxylic acid groups (broad SMARTS) is 1. The maximum absolute atomic E-state index is 13.4. The summed E-state index contributed by atoms with van der Waals surface area (Å²) in [4.78, 5) is 22.0. The predicted octanol–water partition coefficient (Wildman–Crippen LogP) is 1.99. The van der Waals surface area contributed by atoms with E-state index in [1.54, 1.807) is 25.1 Å². The molecule has 104 valence electrons. The molecule has 1 amide bonds. The van der Waals surface area contributed by atoms with Gasteiger partial charge < -0.3 is 10.4 Å². The molecule has 1 atom stereocenters. The molecule has 0 bridgehead atoms. The fraction of sp³-hybridized carbons (Fsp3) is 0.429. The lowest BCUT2D eigenvalue weighted by Crippen LogP contribution is -2.31. The van der Waals surface area contributed by atoms with E-state index in [1.165, 1.54) is 6.07 Å². The predicted molar refractivity (Wildman–Crippen MR) is 69.1 cm³/mol. The van der Waals surface area contributed by atoms with Crippen molar-refractivity contribution in [2.75, 3.05) is 6.54 Å². The Hall–Kier alpha value is -1.91. The largest absolute Gasteiger partial charge is 0.481 e. The summed E-state index contributed by atoms with van der Waals surface area (Å²) in [6.07, 6.45) is 0.757. The third-order valence-electron chi connectivity index (χ3n) is 2.80. The molecule has 4 nitrogen and oxygen atoms in total. The molecule has 5 heteroatoms. The number of carbonyl (C=O) groups is 2. The van der Waals surface area contributed by atoms with Gasteiger partial charge >= 0.3 is 5.97 Å². The van der Waals surface area contributed by atoms with Crippen LogP contribution in [0, 0.1) is 11.7 Å². The summed E-state index contributed by atoms with van der Waals surface area (Å²) in [7, 11) is 0. The first-order valence-corrected chi connectivity index (χ1v) is 6.23. The fourth-order valence-electron chi connectivity index (χ4n) is 1.71. The van der Waals surface area contributed by atoms with Crippen LogP contribution in [0.5, 0.6) is 0 Å². The highest BCUT2D eigenvalue weighted by Gasteiger charge is 2.14. The number of hydrogen-bond donors (Lipinski definition) is 2. The van der Waals surface area contributed by atoms with Crippen molar-refractivity contribution in [3.8, 4) is 0 Å². The molecule has 1 aromatic rings. The lowest BCUT2D eigenvalue weighted by molar-refractivity contribution is -0.137. The summed E-state index contributed by atoms with van der Waals surface area (Å²) >= 11 is 0. The molecule has 0 fully saturated rings. The van der Waals surface area contributed by atoms with Crippen molar-refractivity contribution in [3.05, 3.63) is 35.6 Å². The topological polar surface area (TPSA) is 66.4 Å². The van der Waals surface area contributed by atoms with Crippen molar-refractivity contribution >= 4 is 11.9 Å². The van der Waals surface area contributed by atoms with E-state index in [1.807, 2.05) is 0 Å². The molecule has 19 heavy (non-hydrogen) atoms. The summed E-state index contributed by atoms with van der Waals surface area (Å²) in [6.45, 7) is 2.05. The monoisotopic (exact) mass is 267 g/mol. The first kappa shape index (κ1) is 15.1. The van der Waals surface area contributed by atoms with E-state index in [9.17, 15) is 14.0 Å². The van der Waals surface area contributed by atoms with Crippen LogP contribution in [-0.4, -0.2) is 23.5 Å². The minimum atomic E-state index is -0.881. The minimum absolute atomic E-state index is 0.0297. The Balaban J connectivity index is 2.37. The maximum atomic E-state index is 13.4. The summed E-state index contributed by atoms with van der Waals surface area (Å²) in [5.41, 5.74) is 0.510. The molecule has 0 spiro atoms. The molecule has 1 aromatic carbocycles. The van der Waals surface area contributed by atoms with Gasteiger partial charge in [-0.3, -0.25) is 9.59 Å². The maximum Gasteiger partial charge on any atom is 0.303 e. The molecule has 0 saturated heterocycles. The van der Waals surface area contributed by atoms with Crippen molar-refractivity contribution in [2.45, 2.75) is 26.2 Å². The van der Waals surface area contributed by atoms with Gasteiger partial charge in [0.15, 0.2) is 0 Å². The third-order valence-corrected chi connectivity index (χ3v) is 2.80. The lowest BCUT2D eigenvalue weighted by atomic mass is 10.00. The number of rotatable bonds is 7. The van der Waals surface area contributed by atoms with Crippen LogP contribution in [0.2, 0.25) is 0 Å². The van der Waals surface area contributed by atoms with Gasteiger partial charge in [-0.2, -0.15) is 0 Å². The van der Waals surface area contributed by atoms with Gasteiger partial charge in [0.05, 0.1) is 0 Å². The number of carboxylic acids is 1.